The van der Waals surface area contributed by atoms with Gasteiger partial charge in [-0.3, -0.25) is 4.98 Å². The van der Waals surface area contributed by atoms with E-state index >= 15 is 0 Å². The van der Waals surface area contributed by atoms with Crippen molar-refractivity contribution in [1.82, 2.24) is 4.98 Å². The number of esters is 1. The van der Waals surface area contributed by atoms with Gasteiger partial charge in [0.1, 0.15) is 11.4 Å². The lowest BCUT2D eigenvalue weighted by Gasteiger charge is -2.14. The van der Waals surface area contributed by atoms with Crippen LogP contribution in [0, 0.1) is 12.7 Å². The van der Waals surface area contributed by atoms with Gasteiger partial charge in [0.15, 0.2) is 0 Å². The monoisotopic (exact) mass is 292 g/mol. The molecule has 0 spiro atoms. The van der Waals surface area contributed by atoms with Gasteiger partial charge >= 0.3 is 5.97 Å². The van der Waals surface area contributed by atoms with Crippen LogP contribution in [0.25, 0.3) is 10.9 Å². The predicted octanol–water partition coefficient (Wildman–Crippen LogP) is 2.26. The number of aliphatic hydroxyl groups excluding tert-OH is 1. The molecule has 6 heteroatoms. The predicted molar refractivity (Wildman–Crippen MR) is 78.0 cm³/mol. The van der Waals surface area contributed by atoms with Crippen molar-refractivity contribution >= 4 is 22.6 Å². The summed E-state index contributed by atoms with van der Waals surface area (Å²) >= 11 is 0. The summed E-state index contributed by atoms with van der Waals surface area (Å²) in [4.78, 5) is 16.2. The normalized spacial score (nSPS) is 10.7. The van der Waals surface area contributed by atoms with Crippen LogP contribution in [0.5, 0.6) is 0 Å². The second-order valence-corrected chi connectivity index (χ2v) is 4.54. The zero-order valence-corrected chi connectivity index (χ0v) is 11.9. The summed E-state index contributed by atoms with van der Waals surface area (Å²) < 4.78 is 18.6. The van der Waals surface area contributed by atoms with Gasteiger partial charge in [0.25, 0.3) is 0 Å². The first kappa shape index (κ1) is 15.2. The number of anilines is 1. The number of aliphatic hydroxyl groups is 1. The largest absolute Gasteiger partial charge is 0.462 e. The van der Waals surface area contributed by atoms with E-state index < -0.39 is 11.8 Å². The number of hydrogen-bond donors (Lipinski definition) is 2. The van der Waals surface area contributed by atoms with E-state index in [-0.39, 0.29) is 25.3 Å². The molecule has 112 valence electrons. The lowest BCUT2D eigenvalue weighted by molar-refractivity contribution is 0.0527. The Labute approximate surface area is 121 Å². The highest BCUT2D eigenvalue weighted by Gasteiger charge is 2.17. The molecule has 0 aliphatic rings. The minimum absolute atomic E-state index is 0.111. The molecule has 1 heterocycles. The van der Waals surface area contributed by atoms with Crippen LogP contribution in [0.15, 0.2) is 18.3 Å². The van der Waals surface area contributed by atoms with E-state index in [0.717, 1.165) is 0 Å². The molecule has 21 heavy (non-hydrogen) atoms. The van der Waals surface area contributed by atoms with Gasteiger partial charge in [-0.05, 0) is 31.5 Å². The molecule has 0 fully saturated rings. The van der Waals surface area contributed by atoms with Gasteiger partial charge in [0, 0.05) is 18.1 Å². The Balaban J connectivity index is 2.66. The number of pyridine rings is 1. The minimum Gasteiger partial charge on any atom is -0.462 e. The van der Waals surface area contributed by atoms with Gasteiger partial charge in [0.05, 0.1) is 24.4 Å². The Hall–Kier alpha value is -2.21. The zero-order valence-electron chi connectivity index (χ0n) is 11.9. The number of benzene rings is 1. The molecule has 0 unspecified atom stereocenters. The molecule has 0 saturated carbocycles. The van der Waals surface area contributed by atoms with Crippen LogP contribution < -0.4 is 5.32 Å². The van der Waals surface area contributed by atoms with E-state index in [4.69, 9.17) is 9.84 Å². The van der Waals surface area contributed by atoms with Gasteiger partial charge in [-0.25, -0.2) is 9.18 Å². The number of rotatable bonds is 5. The molecule has 0 aliphatic carbocycles. The van der Waals surface area contributed by atoms with Crippen LogP contribution >= 0.6 is 0 Å². The van der Waals surface area contributed by atoms with Crippen molar-refractivity contribution in [3.8, 4) is 0 Å². The number of nitrogens with one attached hydrogen (secondary N) is 1. The Morgan fingerprint density at radius 3 is 2.90 bits per heavy atom. The maximum absolute atomic E-state index is 13.7. The third-order valence-corrected chi connectivity index (χ3v) is 3.04. The number of nitrogens with zero attached hydrogens (tertiary/aromatic N) is 1. The quantitative estimate of drug-likeness (QED) is 0.827. The lowest BCUT2D eigenvalue weighted by Crippen LogP contribution is -2.13. The van der Waals surface area contributed by atoms with E-state index in [1.807, 2.05) is 0 Å². The molecule has 0 atom stereocenters. The fraction of sp³-hybridized carbons (Fsp3) is 0.333. The van der Waals surface area contributed by atoms with Gasteiger partial charge in [-0.1, -0.05) is 0 Å². The first-order valence-corrected chi connectivity index (χ1v) is 6.69. The smallest absolute Gasteiger partial charge is 0.341 e. The van der Waals surface area contributed by atoms with E-state index in [9.17, 15) is 9.18 Å². The molecule has 0 radical (unpaired) electrons. The van der Waals surface area contributed by atoms with Gasteiger partial charge in [-0.15, -0.1) is 0 Å². The Morgan fingerprint density at radius 2 is 2.24 bits per heavy atom. The van der Waals surface area contributed by atoms with Crippen molar-refractivity contribution in [3.05, 3.63) is 35.3 Å². The Kier molecular flexibility index (Phi) is 4.70. The number of aromatic nitrogens is 1. The summed E-state index contributed by atoms with van der Waals surface area (Å²) in [6, 6.07) is 2.70. The van der Waals surface area contributed by atoms with Crippen LogP contribution in [0.2, 0.25) is 0 Å². The first-order chi connectivity index (χ1) is 10.1. The van der Waals surface area contributed by atoms with Crippen molar-refractivity contribution in [3.63, 3.8) is 0 Å². The molecule has 1 aromatic heterocycles. The third-order valence-electron chi connectivity index (χ3n) is 3.04. The second kappa shape index (κ2) is 6.49. The number of hydrogen-bond acceptors (Lipinski definition) is 5. The third kappa shape index (κ3) is 3.11. The number of carbonyl (C=O) groups is 1. The molecule has 1 aromatic carbocycles. The van der Waals surface area contributed by atoms with Crippen LogP contribution in [-0.2, 0) is 4.74 Å². The molecule has 2 rings (SSSR count). The standard InChI is InChI=1S/C15H17FN2O3/c1-3-21-15(20)12-8-18-13-9(2)6-10(16)7-11(13)14(12)17-4-5-19/h6-8,19H,3-5H2,1-2H3,(H,17,18). The van der Waals surface area contributed by atoms with Crippen molar-refractivity contribution in [2.75, 3.05) is 25.1 Å². The molecular weight excluding hydrogens is 275 g/mol. The highest BCUT2D eigenvalue weighted by molar-refractivity contribution is 6.05. The summed E-state index contributed by atoms with van der Waals surface area (Å²) in [7, 11) is 0. The molecule has 0 aliphatic heterocycles. The average Bonchev–Trinajstić information content (AvgIpc) is 2.44. The van der Waals surface area contributed by atoms with Crippen molar-refractivity contribution in [2.24, 2.45) is 0 Å². The maximum Gasteiger partial charge on any atom is 0.341 e. The summed E-state index contributed by atoms with van der Waals surface area (Å²) in [6.07, 6.45) is 1.41. The highest BCUT2D eigenvalue weighted by Crippen LogP contribution is 2.29. The first-order valence-electron chi connectivity index (χ1n) is 6.69. The number of halogens is 1. The molecule has 2 aromatic rings. The van der Waals surface area contributed by atoms with E-state index in [2.05, 4.69) is 10.3 Å². The summed E-state index contributed by atoms with van der Waals surface area (Å²) in [5.74, 6) is -0.941. The SMILES string of the molecule is CCOC(=O)c1cnc2c(C)cc(F)cc2c1NCCO. The molecule has 0 saturated heterocycles. The van der Waals surface area contributed by atoms with Crippen LogP contribution in [0.1, 0.15) is 22.8 Å². The van der Waals surface area contributed by atoms with Crippen LogP contribution in [-0.4, -0.2) is 35.8 Å². The molecule has 2 N–H and O–H groups in total. The maximum atomic E-state index is 13.7. The van der Waals surface area contributed by atoms with E-state index in [1.54, 1.807) is 13.8 Å². The lowest BCUT2D eigenvalue weighted by atomic mass is 10.1. The summed E-state index contributed by atoms with van der Waals surface area (Å²) in [6.45, 7) is 3.81. The van der Waals surface area contributed by atoms with Crippen molar-refractivity contribution in [2.45, 2.75) is 13.8 Å². The summed E-state index contributed by atoms with van der Waals surface area (Å²) in [5.41, 5.74) is 1.93. The van der Waals surface area contributed by atoms with Crippen LogP contribution in [0.3, 0.4) is 0 Å². The van der Waals surface area contributed by atoms with Gasteiger partial charge in [0.2, 0.25) is 0 Å². The van der Waals surface area contributed by atoms with Crippen molar-refractivity contribution in [1.29, 1.82) is 0 Å². The Morgan fingerprint density at radius 1 is 1.48 bits per heavy atom. The zero-order chi connectivity index (χ0) is 15.4. The number of fused-ring (bicyclic) bond motifs is 1. The highest BCUT2D eigenvalue weighted by atomic mass is 19.1. The van der Waals surface area contributed by atoms with Crippen molar-refractivity contribution < 1.29 is 19.0 Å². The van der Waals surface area contributed by atoms with Gasteiger partial charge < -0.3 is 15.2 Å². The number of aryl methyl sites for hydroxylation is 1. The minimum atomic E-state index is -0.533. The Bertz CT molecular complexity index is 674. The van der Waals surface area contributed by atoms with E-state index in [0.29, 0.717) is 22.2 Å². The fourth-order valence-electron chi connectivity index (χ4n) is 2.17. The fourth-order valence-corrected chi connectivity index (χ4v) is 2.17. The van der Waals surface area contributed by atoms with E-state index in [1.165, 1.54) is 18.3 Å². The molecular formula is C15H17FN2O3. The molecule has 5 nitrogen and oxygen atoms in total. The molecule has 0 amide bonds. The van der Waals surface area contributed by atoms with Crippen LogP contribution in [0.4, 0.5) is 10.1 Å². The topological polar surface area (TPSA) is 71.5 Å². The number of carbonyl (C=O) groups excluding carboxylic acids is 1. The second-order valence-electron chi connectivity index (χ2n) is 4.54. The average molecular weight is 292 g/mol. The summed E-state index contributed by atoms with van der Waals surface area (Å²) in [5, 5.41) is 12.4. The number of ether oxygens (including phenoxy) is 1. The van der Waals surface area contributed by atoms with Gasteiger partial charge in [-0.2, -0.15) is 0 Å². The molecule has 0 bridgehead atoms.